The molecule has 0 saturated heterocycles. The maximum absolute atomic E-state index is 7.23. The van der Waals surface area contributed by atoms with Crippen LogP contribution in [0.3, 0.4) is 0 Å². The van der Waals surface area contributed by atoms with Gasteiger partial charge in [-0.15, -0.1) is 0 Å². The second-order valence-electron chi connectivity index (χ2n) is 6.35. The molecule has 1 aromatic carbocycles. The first-order valence-corrected chi connectivity index (χ1v) is 7.12. The zero-order valence-electron chi connectivity index (χ0n) is 12.5. The van der Waals surface area contributed by atoms with E-state index in [9.17, 15) is 0 Å². The largest absolute Gasteiger partial charge is 0.328 e. The Balaban J connectivity index is 0. The minimum Gasteiger partial charge on any atom is -0.328 e. The van der Waals surface area contributed by atoms with Crippen molar-refractivity contribution in [3.63, 3.8) is 0 Å². The number of hydrogen-bond acceptors (Lipinski definition) is 3. The number of hydrogen-bond donors (Lipinski definition) is 3. The molecule has 1 rings (SSSR count). The van der Waals surface area contributed by atoms with Crippen molar-refractivity contribution in [3.8, 4) is 0 Å². The van der Waals surface area contributed by atoms with Crippen LogP contribution in [-0.4, -0.2) is 14.7 Å². The molecular formula is C14H26FO3P. The summed E-state index contributed by atoms with van der Waals surface area (Å²) in [6.45, 7) is 13.6. The van der Waals surface area contributed by atoms with Crippen LogP contribution in [0.25, 0.3) is 0 Å². The van der Waals surface area contributed by atoms with Crippen molar-refractivity contribution < 1.29 is 19.4 Å². The van der Waals surface area contributed by atoms with Gasteiger partial charge in [0, 0.05) is 0 Å². The van der Waals surface area contributed by atoms with Gasteiger partial charge >= 0.3 is 8.60 Å². The molecule has 0 radical (unpaired) electrons. The standard InChI is InChI=1S/C14H22.FH.H3O3P/c1-13(2,3)11-8-7-9-12(10-11)14(4,5)6;;1-4(2)3/h7-10H,1-6H3;1H;1-3H. The zero-order chi connectivity index (χ0) is 14.6. The molecule has 0 unspecified atom stereocenters. The highest BCUT2D eigenvalue weighted by Gasteiger charge is 2.18. The van der Waals surface area contributed by atoms with Crippen LogP contribution < -0.4 is 0 Å². The molecule has 0 aliphatic carbocycles. The molecule has 1 aromatic rings. The third-order valence-electron chi connectivity index (χ3n) is 2.59. The van der Waals surface area contributed by atoms with E-state index in [0.717, 1.165) is 0 Å². The van der Waals surface area contributed by atoms with Crippen molar-refractivity contribution in [1.82, 2.24) is 0 Å². The SMILES string of the molecule is CC(C)(C)c1cccc(C(C)(C)C)c1.F.OP(O)O. The van der Waals surface area contributed by atoms with E-state index in [-0.39, 0.29) is 15.5 Å². The van der Waals surface area contributed by atoms with Crippen LogP contribution in [0.2, 0.25) is 0 Å². The molecule has 0 bridgehead atoms. The van der Waals surface area contributed by atoms with Crippen molar-refractivity contribution >= 4 is 8.60 Å². The second kappa shape index (κ2) is 7.91. The predicted octanol–water partition coefficient (Wildman–Crippen LogP) is 3.62. The number of benzene rings is 1. The fourth-order valence-corrected chi connectivity index (χ4v) is 1.45. The molecule has 5 heteroatoms. The van der Waals surface area contributed by atoms with Gasteiger partial charge in [-0.25, -0.2) is 0 Å². The summed E-state index contributed by atoms with van der Waals surface area (Å²) in [5.41, 5.74) is 3.34. The Hall–Kier alpha value is -0.540. The summed E-state index contributed by atoms with van der Waals surface area (Å²) in [5.74, 6) is 0. The van der Waals surface area contributed by atoms with E-state index < -0.39 is 8.60 Å². The average molecular weight is 292 g/mol. The maximum Gasteiger partial charge on any atom is 0.324 e. The van der Waals surface area contributed by atoms with Crippen LogP contribution >= 0.6 is 8.60 Å². The smallest absolute Gasteiger partial charge is 0.324 e. The molecule has 0 spiro atoms. The van der Waals surface area contributed by atoms with Gasteiger partial charge in [0.1, 0.15) is 0 Å². The van der Waals surface area contributed by atoms with Crippen molar-refractivity contribution in [1.29, 1.82) is 0 Å². The van der Waals surface area contributed by atoms with Gasteiger partial charge in [0.2, 0.25) is 0 Å². The molecule has 0 aliphatic rings. The minimum absolute atomic E-state index is 0. The Morgan fingerprint density at radius 1 is 0.789 bits per heavy atom. The number of halogens is 1. The number of rotatable bonds is 0. The maximum atomic E-state index is 7.23. The summed E-state index contributed by atoms with van der Waals surface area (Å²) in [6, 6.07) is 8.94. The Bertz CT molecular complexity index is 336. The van der Waals surface area contributed by atoms with Crippen molar-refractivity contribution in [2.45, 2.75) is 52.4 Å². The molecule has 0 aromatic heterocycles. The lowest BCUT2D eigenvalue weighted by molar-refractivity contribution is 0.368. The molecule has 112 valence electrons. The van der Waals surface area contributed by atoms with Crippen LogP contribution in [0.5, 0.6) is 0 Å². The Morgan fingerprint density at radius 2 is 1.05 bits per heavy atom. The lowest BCUT2D eigenvalue weighted by Crippen LogP contribution is -2.15. The Labute approximate surface area is 116 Å². The van der Waals surface area contributed by atoms with Crippen molar-refractivity contribution in [2.75, 3.05) is 0 Å². The Kier molecular flexibility index (Phi) is 8.64. The van der Waals surface area contributed by atoms with E-state index in [0.29, 0.717) is 0 Å². The molecular weight excluding hydrogens is 266 g/mol. The van der Waals surface area contributed by atoms with Gasteiger partial charge < -0.3 is 14.7 Å². The molecule has 0 aliphatic heterocycles. The Morgan fingerprint density at radius 3 is 1.26 bits per heavy atom. The quantitative estimate of drug-likeness (QED) is 0.640. The second-order valence-corrected chi connectivity index (χ2v) is 6.89. The van der Waals surface area contributed by atoms with E-state index in [2.05, 4.69) is 65.8 Å². The fraction of sp³-hybridized carbons (Fsp3) is 0.571. The third kappa shape index (κ3) is 9.06. The van der Waals surface area contributed by atoms with Crippen LogP contribution in [0, 0.1) is 0 Å². The summed E-state index contributed by atoms with van der Waals surface area (Å²) < 4.78 is 0. The van der Waals surface area contributed by atoms with Gasteiger partial charge in [-0.1, -0.05) is 65.8 Å². The van der Waals surface area contributed by atoms with E-state index in [1.54, 1.807) is 0 Å². The summed E-state index contributed by atoms with van der Waals surface area (Å²) in [5, 5.41) is 0. The van der Waals surface area contributed by atoms with E-state index >= 15 is 0 Å². The summed E-state index contributed by atoms with van der Waals surface area (Å²) >= 11 is 0. The average Bonchev–Trinajstić information content (AvgIpc) is 2.14. The summed E-state index contributed by atoms with van der Waals surface area (Å²) in [4.78, 5) is 21.7. The molecule has 0 heterocycles. The topological polar surface area (TPSA) is 60.7 Å². The summed E-state index contributed by atoms with van der Waals surface area (Å²) in [6.07, 6.45) is 0. The van der Waals surface area contributed by atoms with Crippen molar-refractivity contribution in [3.05, 3.63) is 35.4 Å². The highest BCUT2D eigenvalue weighted by atomic mass is 31.2. The van der Waals surface area contributed by atoms with Crippen molar-refractivity contribution in [2.24, 2.45) is 0 Å². The van der Waals surface area contributed by atoms with Gasteiger partial charge in [0.05, 0.1) is 0 Å². The molecule has 3 nitrogen and oxygen atoms in total. The predicted molar refractivity (Wildman–Crippen MR) is 79.9 cm³/mol. The van der Waals surface area contributed by atoms with Crippen LogP contribution in [0.1, 0.15) is 52.7 Å². The fourth-order valence-electron chi connectivity index (χ4n) is 1.45. The minimum atomic E-state index is -2.62. The molecule has 0 saturated carbocycles. The lowest BCUT2D eigenvalue weighted by Gasteiger charge is -2.24. The van der Waals surface area contributed by atoms with Crippen LogP contribution in [0.15, 0.2) is 24.3 Å². The molecule has 3 N–H and O–H groups in total. The van der Waals surface area contributed by atoms with Gasteiger partial charge in [-0.2, -0.15) is 0 Å². The highest BCUT2D eigenvalue weighted by molar-refractivity contribution is 7.38. The van der Waals surface area contributed by atoms with Crippen LogP contribution in [-0.2, 0) is 10.8 Å². The molecule has 0 fully saturated rings. The first-order chi connectivity index (χ1) is 7.94. The summed E-state index contributed by atoms with van der Waals surface area (Å²) in [7, 11) is -2.62. The van der Waals surface area contributed by atoms with Gasteiger partial charge in [-0.3, -0.25) is 4.70 Å². The van der Waals surface area contributed by atoms with E-state index in [1.165, 1.54) is 11.1 Å². The molecule has 0 amide bonds. The third-order valence-corrected chi connectivity index (χ3v) is 2.59. The van der Waals surface area contributed by atoms with Gasteiger partial charge in [0.15, 0.2) is 0 Å². The first-order valence-electron chi connectivity index (χ1n) is 5.92. The molecule has 19 heavy (non-hydrogen) atoms. The normalized spacial score (nSPS) is 11.5. The molecule has 0 atom stereocenters. The highest BCUT2D eigenvalue weighted by Crippen LogP contribution is 2.28. The van der Waals surface area contributed by atoms with E-state index in [4.69, 9.17) is 14.7 Å². The van der Waals surface area contributed by atoms with Crippen LogP contribution in [0.4, 0.5) is 4.70 Å². The lowest BCUT2D eigenvalue weighted by atomic mass is 9.81. The van der Waals surface area contributed by atoms with E-state index in [1.807, 2.05) is 0 Å². The van der Waals surface area contributed by atoms with Gasteiger partial charge in [-0.05, 0) is 22.0 Å². The first kappa shape index (κ1) is 20.8. The monoisotopic (exact) mass is 292 g/mol. The van der Waals surface area contributed by atoms with Gasteiger partial charge in [0.25, 0.3) is 0 Å². The zero-order valence-corrected chi connectivity index (χ0v) is 13.4.